The fourth-order valence-corrected chi connectivity index (χ4v) is 4.27. The van der Waals surface area contributed by atoms with Crippen molar-refractivity contribution in [3.63, 3.8) is 0 Å². The van der Waals surface area contributed by atoms with Gasteiger partial charge in [0.1, 0.15) is 5.01 Å². The average molecular weight is 274 g/mol. The fourth-order valence-electron chi connectivity index (χ4n) is 2.11. The molecule has 0 spiro atoms. The molecule has 0 aliphatic heterocycles. The second-order valence-electron chi connectivity index (χ2n) is 4.46. The topological polar surface area (TPSA) is 38.9 Å². The highest BCUT2D eigenvalue weighted by molar-refractivity contribution is 7.22. The van der Waals surface area contributed by atoms with Crippen molar-refractivity contribution in [3.8, 4) is 10.6 Å². The smallest absolute Gasteiger partial charge is 0.127 e. The molecule has 0 aliphatic rings. The van der Waals surface area contributed by atoms with E-state index in [1.54, 1.807) is 22.7 Å². The molecule has 4 heteroatoms. The number of hydrogen-bond donors (Lipinski definition) is 1. The predicted molar refractivity (Wildman–Crippen MR) is 81.6 cm³/mol. The van der Waals surface area contributed by atoms with E-state index in [-0.39, 0.29) is 0 Å². The minimum Gasteiger partial charge on any atom is -0.390 e. The van der Waals surface area contributed by atoms with Crippen LogP contribution in [0.4, 0.5) is 5.00 Å². The third-order valence-corrected chi connectivity index (χ3v) is 5.32. The predicted octanol–water partition coefficient (Wildman–Crippen LogP) is 4.53. The number of para-hydroxylation sites is 1. The molecule has 0 aliphatic carbocycles. The lowest BCUT2D eigenvalue weighted by Gasteiger charge is -1.96. The zero-order valence-electron chi connectivity index (χ0n) is 10.6. The van der Waals surface area contributed by atoms with Gasteiger partial charge in [0.05, 0.1) is 15.2 Å². The molecule has 0 saturated heterocycles. The Hall–Kier alpha value is -1.39. The first-order valence-corrected chi connectivity index (χ1v) is 7.43. The van der Waals surface area contributed by atoms with Crippen LogP contribution in [0.25, 0.3) is 20.8 Å². The maximum atomic E-state index is 6.12. The van der Waals surface area contributed by atoms with Gasteiger partial charge in [-0.3, -0.25) is 0 Å². The Kier molecular flexibility index (Phi) is 2.64. The first kappa shape index (κ1) is 11.7. The van der Waals surface area contributed by atoms with Crippen LogP contribution in [-0.4, -0.2) is 4.98 Å². The molecule has 0 saturated carbocycles. The maximum absolute atomic E-state index is 6.12. The van der Waals surface area contributed by atoms with Crippen LogP contribution < -0.4 is 5.73 Å². The van der Waals surface area contributed by atoms with Crippen molar-refractivity contribution in [1.82, 2.24) is 4.98 Å². The molecule has 0 unspecified atom stereocenters. The molecular weight excluding hydrogens is 260 g/mol. The van der Waals surface area contributed by atoms with E-state index in [1.807, 2.05) is 0 Å². The zero-order chi connectivity index (χ0) is 12.9. The van der Waals surface area contributed by atoms with E-state index in [2.05, 4.69) is 39.0 Å². The number of aryl methyl sites for hydroxylation is 2. The summed E-state index contributed by atoms with van der Waals surface area (Å²) in [6.45, 7) is 6.33. The van der Waals surface area contributed by atoms with Crippen molar-refractivity contribution in [2.45, 2.75) is 20.8 Å². The molecule has 1 aromatic carbocycles. The lowest BCUT2D eigenvalue weighted by atomic mass is 10.2. The lowest BCUT2D eigenvalue weighted by molar-refractivity contribution is 1.39. The van der Waals surface area contributed by atoms with Crippen molar-refractivity contribution in [2.75, 3.05) is 5.73 Å². The zero-order valence-corrected chi connectivity index (χ0v) is 12.2. The third-order valence-electron chi connectivity index (χ3n) is 3.25. The number of benzene rings is 1. The molecule has 0 fully saturated rings. The minimum absolute atomic E-state index is 0.877. The average Bonchev–Trinajstić information content (AvgIpc) is 2.83. The van der Waals surface area contributed by atoms with E-state index < -0.39 is 0 Å². The quantitative estimate of drug-likeness (QED) is 0.708. The van der Waals surface area contributed by atoms with Crippen LogP contribution in [-0.2, 0) is 0 Å². The number of nitrogen functional groups attached to an aromatic ring is 1. The molecule has 92 valence electrons. The summed E-state index contributed by atoms with van der Waals surface area (Å²) in [5, 5.41) is 1.92. The van der Waals surface area contributed by atoms with Crippen LogP contribution in [0.2, 0.25) is 0 Å². The van der Waals surface area contributed by atoms with Gasteiger partial charge in [0, 0.05) is 10.4 Å². The van der Waals surface area contributed by atoms with Crippen LogP contribution in [0.1, 0.15) is 16.0 Å². The van der Waals surface area contributed by atoms with Gasteiger partial charge >= 0.3 is 0 Å². The molecule has 18 heavy (non-hydrogen) atoms. The standard InChI is InChI=1S/C14H14N2S2/c1-7-5-4-6-10-12(7)16-14(18-10)11-8(2)9(3)17-13(11)15/h4-6H,15H2,1-3H3. The van der Waals surface area contributed by atoms with E-state index in [4.69, 9.17) is 10.7 Å². The largest absolute Gasteiger partial charge is 0.390 e. The lowest BCUT2D eigenvalue weighted by Crippen LogP contribution is -1.85. The molecule has 3 aromatic rings. The number of rotatable bonds is 1. The number of nitrogens with two attached hydrogens (primary N) is 1. The van der Waals surface area contributed by atoms with Crippen LogP contribution >= 0.6 is 22.7 Å². The number of hydrogen-bond acceptors (Lipinski definition) is 4. The van der Waals surface area contributed by atoms with Gasteiger partial charge in [0.25, 0.3) is 0 Å². The second-order valence-corrected chi connectivity index (χ2v) is 6.75. The van der Waals surface area contributed by atoms with E-state index in [0.29, 0.717) is 0 Å². The summed E-state index contributed by atoms with van der Waals surface area (Å²) in [6, 6.07) is 6.30. The van der Waals surface area contributed by atoms with Crippen molar-refractivity contribution >= 4 is 37.9 Å². The fraction of sp³-hybridized carbons (Fsp3) is 0.214. The molecule has 0 bridgehead atoms. The molecule has 2 aromatic heterocycles. The van der Waals surface area contributed by atoms with Crippen molar-refractivity contribution in [1.29, 1.82) is 0 Å². The van der Waals surface area contributed by atoms with Crippen molar-refractivity contribution in [2.24, 2.45) is 0 Å². The Balaban J connectivity index is 2.29. The Bertz CT molecular complexity index is 738. The number of nitrogens with zero attached hydrogens (tertiary/aromatic N) is 1. The summed E-state index contributed by atoms with van der Waals surface area (Å²) in [5.41, 5.74) is 10.8. The number of fused-ring (bicyclic) bond motifs is 1. The molecule has 2 N–H and O–H groups in total. The summed E-state index contributed by atoms with van der Waals surface area (Å²) in [6.07, 6.45) is 0. The van der Waals surface area contributed by atoms with Crippen LogP contribution in [0, 0.1) is 20.8 Å². The highest BCUT2D eigenvalue weighted by atomic mass is 32.1. The monoisotopic (exact) mass is 274 g/mol. The van der Waals surface area contributed by atoms with Gasteiger partial charge < -0.3 is 5.73 Å². The summed E-state index contributed by atoms with van der Waals surface area (Å²) >= 11 is 3.37. The molecule has 0 atom stereocenters. The van der Waals surface area contributed by atoms with Crippen LogP contribution in [0.3, 0.4) is 0 Å². The summed E-state index contributed by atoms with van der Waals surface area (Å²) in [5.74, 6) is 0. The Labute approximate surface area is 114 Å². The van der Waals surface area contributed by atoms with E-state index in [1.165, 1.54) is 20.7 Å². The maximum Gasteiger partial charge on any atom is 0.127 e. The van der Waals surface area contributed by atoms with Gasteiger partial charge in [-0.2, -0.15) is 0 Å². The number of anilines is 1. The van der Waals surface area contributed by atoms with Gasteiger partial charge in [-0.05, 0) is 38.0 Å². The van der Waals surface area contributed by atoms with Crippen LogP contribution in [0.5, 0.6) is 0 Å². The molecule has 0 radical (unpaired) electrons. The van der Waals surface area contributed by atoms with Gasteiger partial charge in [-0.25, -0.2) is 4.98 Å². The second kappa shape index (κ2) is 4.07. The molecule has 2 heterocycles. The molecule has 3 rings (SSSR count). The minimum atomic E-state index is 0.877. The Morgan fingerprint density at radius 1 is 1.11 bits per heavy atom. The van der Waals surface area contributed by atoms with Crippen molar-refractivity contribution in [3.05, 3.63) is 34.2 Å². The molecule has 2 nitrogen and oxygen atoms in total. The summed E-state index contributed by atoms with van der Waals surface area (Å²) in [4.78, 5) is 6.04. The van der Waals surface area contributed by atoms with Gasteiger partial charge in [0.2, 0.25) is 0 Å². The first-order chi connectivity index (χ1) is 8.58. The van der Waals surface area contributed by atoms with E-state index in [0.717, 1.165) is 21.1 Å². The number of thiazole rings is 1. The molecular formula is C14H14N2S2. The molecule has 0 amide bonds. The summed E-state index contributed by atoms with van der Waals surface area (Å²) < 4.78 is 1.23. The van der Waals surface area contributed by atoms with Gasteiger partial charge in [0.15, 0.2) is 0 Å². The van der Waals surface area contributed by atoms with Gasteiger partial charge in [-0.1, -0.05) is 12.1 Å². The Morgan fingerprint density at radius 2 is 1.89 bits per heavy atom. The third kappa shape index (κ3) is 1.64. The summed E-state index contributed by atoms with van der Waals surface area (Å²) in [7, 11) is 0. The van der Waals surface area contributed by atoms with Crippen molar-refractivity contribution < 1.29 is 0 Å². The van der Waals surface area contributed by atoms with E-state index >= 15 is 0 Å². The Morgan fingerprint density at radius 3 is 2.50 bits per heavy atom. The first-order valence-electron chi connectivity index (χ1n) is 5.80. The van der Waals surface area contributed by atoms with E-state index in [9.17, 15) is 0 Å². The highest BCUT2D eigenvalue weighted by Gasteiger charge is 2.16. The number of thiophene rings is 1. The normalized spacial score (nSPS) is 11.3. The highest BCUT2D eigenvalue weighted by Crippen LogP contribution is 2.41. The number of aromatic nitrogens is 1. The SMILES string of the molecule is Cc1sc(N)c(-c2nc3c(C)cccc3s2)c1C. The van der Waals surface area contributed by atoms with Crippen LogP contribution in [0.15, 0.2) is 18.2 Å². The van der Waals surface area contributed by atoms with Gasteiger partial charge in [-0.15, -0.1) is 22.7 Å².